The van der Waals surface area contributed by atoms with Gasteiger partial charge in [0.2, 0.25) is 0 Å². The molecule has 1 heterocycles. The van der Waals surface area contributed by atoms with E-state index in [-0.39, 0.29) is 6.03 Å². The smallest absolute Gasteiger partial charge is 0.319 e. The summed E-state index contributed by atoms with van der Waals surface area (Å²) >= 11 is 0. The third-order valence-electron chi connectivity index (χ3n) is 4.92. The molecule has 0 aliphatic rings. The van der Waals surface area contributed by atoms with Crippen LogP contribution in [-0.2, 0) is 23.3 Å². The van der Waals surface area contributed by atoms with Crippen LogP contribution in [0.2, 0.25) is 0 Å². The molecule has 33 heavy (non-hydrogen) atoms. The van der Waals surface area contributed by atoms with Crippen LogP contribution in [0.3, 0.4) is 0 Å². The molecular weight excluding hydrogens is 432 g/mol. The lowest BCUT2D eigenvalue weighted by Gasteiger charge is -2.12. The molecular formula is C26H24N4O2S. The minimum atomic E-state index is -1.30. The summed E-state index contributed by atoms with van der Waals surface area (Å²) in [4.78, 5) is 16.1. The molecule has 0 saturated carbocycles. The first-order valence-corrected chi connectivity index (χ1v) is 11.8. The topological polar surface area (TPSA) is 83.1 Å². The Balaban J connectivity index is 1.31. The van der Waals surface area contributed by atoms with E-state index in [1.807, 2.05) is 78.9 Å². The number of nitrogens with one attached hydrogen (secondary N) is 3. The fourth-order valence-electron chi connectivity index (χ4n) is 3.30. The number of pyridine rings is 1. The number of urea groups is 1. The molecule has 7 heteroatoms. The Labute approximate surface area is 195 Å². The second-order valence-electron chi connectivity index (χ2n) is 7.37. The molecule has 0 spiro atoms. The molecule has 3 N–H and O–H groups in total. The molecule has 1 unspecified atom stereocenters. The van der Waals surface area contributed by atoms with E-state index in [4.69, 9.17) is 0 Å². The Bertz CT molecular complexity index is 1220. The van der Waals surface area contributed by atoms with E-state index in [0.29, 0.717) is 18.0 Å². The number of rotatable bonds is 8. The summed E-state index contributed by atoms with van der Waals surface area (Å²) in [6.45, 7) is 0.396. The Morgan fingerprint density at radius 3 is 2.33 bits per heavy atom. The molecule has 6 nitrogen and oxygen atoms in total. The van der Waals surface area contributed by atoms with Gasteiger partial charge in [0.15, 0.2) is 0 Å². The van der Waals surface area contributed by atoms with E-state index in [9.17, 15) is 9.00 Å². The van der Waals surface area contributed by atoms with E-state index in [0.717, 1.165) is 27.9 Å². The second kappa shape index (κ2) is 11.1. The third kappa shape index (κ3) is 6.51. The largest absolute Gasteiger partial charge is 0.334 e. The van der Waals surface area contributed by atoms with Gasteiger partial charge >= 0.3 is 6.03 Å². The number of amides is 2. The number of carbonyl (C=O) groups excluding carboxylic acids is 1. The highest BCUT2D eigenvalue weighted by Gasteiger charge is 2.08. The molecule has 1 atom stereocenters. The Hall–Kier alpha value is -3.97. The summed E-state index contributed by atoms with van der Waals surface area (Å²) in [6, 6.07) is 28.6. The lowest BCUT2D eigenvalue weighted by Crippen LogP contribution is -2.28. The van der Waals surface area contributed by atoms with E-state index in [2.05, 4.69) is 20.3 Å². The Morgan fingerprint density at radius 1 is 0.818 bits per heavy atom. The highest BCUT2D eigenvalue weighted by atomic mass is 32.2. The molecule has 3 aromatic carbocycles. The first-order valence-electron chi connectivity index (χ1n) is 10.5. The van der Waals surface area contributed by atoms with Crippen molar-refractivity contribution >= 4 is 28.4 Å². The molecule has 4 rings (SSSR count). The van der Waals surface area contributed by atoms with Crippen LogP contribution in [0.25, 0.3) is 11.1 Å². The zero-order chi connectivity index (χ0) is 22.9. The van der Waals surface area contributed by atoms with E-state index in [1.165, 1.54) is 0 Å². The zero-order valence-electron chi connectivity index (χ0n) is 17.9. The third-order valence-corrected chi connectivity index (χ3v) is 5.96. The number of hydrogen-bond acceptors (Lipinski definition) is 3. The van der Waals surface area contributed by atoms with Crippen LogP contribution in [0.1, 0.15) is 11.1 Å². The normalized spacial score (nSPS) is 11.4. The molecule has 0 radical (unpaired) electrons. The van der Waals surface area contributed by atoms with Gasteiger partial charge in [-0.1, -0.05) is 66.7 Å². The average Bonchev–Trinajstić information content (AvgIpc) is 2.85. The minimum Gasteiger partial charge on any atom is -0.334 e. The van der Waals surface area contributed by atoms with Crippen molar-refractivity contribution < 1.29 is 9.00 Å². The van der Waals surface area contributed by atoms with E-state index >= 15 is 0 Å². The van der Waals surface area contributed by atoms with Crippen molar-refractivity contribution in [2.24, 2.45) is 0 Å². The highest BCUT2D eigenvalue weighted by Crippen LogP contribution is 2.28. The number of hydrogen-bond donors (Lipinski definition) is 3. The van der Waals surface area contributed by atoms with Crippen LogP contribution in [0.15, 0.2) is 103 Å². The number of benzene rings is 3. The molecule has 1 aromatic heterocycles. The standard InChI is InChI=1S/C26H24N4O2S/c31-26(28-18-21-7-6-16-27-17-21)29-23-14-12-20(13-15-23)19-33(32)30-25-11-5-4-10-24(25)22-8-2-1-3-9-22/h1-17,30H,18-19H2,(H2,28,29,31). The van der Waals surface area contributed by atoms with Gasteiger partial charge in [0.1, 0.15) is 11.0 Å². The number of anilines is 2. The number of aromatic nitrogens is 1. The van der Waals surface area contributed by atoms with Crippen LogP contribution in [0, 0.1) is 0 Å². The first kappa shape index (κ1) is 22.2. The van der Waals surface area contributed by atoms with Crippen LogP contribution < -0.4 is 15.4 Å². The van der Waals surface area contributed by atoms with Gasteiger partial charge < -0.3 is 15.4 Å². The summed E-state index contributed by atoms with van der Waals surface area (Å²) in [5.41, 5.74) is 5.38. The monoisotopic (exact) mass is 456 g/mol. The predicted molar refractivity (Wildman–Crippen MR) is 134 cm³/mol. The zero-order valence-corrected chi connectivity index (χ0v) is 18.7. The summed E-state index contributed by atoms with van der Waals surface area (Å²) < 4.78 is 15.9. The maximum Gasteiger partial charge on any atom is 0.319 e. The fraction of sp³-hybridized carbons (Fsp3) is 0.0769. The molecule has 2 amide bonds. The van der Waals surface area contributed by atoms with Crippen molar-refractivity contribution in [1.29, 1.82) is 0 Å². The summed E-state index contributed by atoms with van der Waals surface area (Å²) in [5, 5.41) is 5.59. The lowest BCUT2D eigenvalue weighted by molar-refractivity contribution is 0.251. The van der Waals surface area contributed by atoms with Gasteiger partial charge in [-0.05, 0) is 41.0 Å². The van der Waals surface area contributed by atoms with Gasteiger partial charge in [-0.25, -0.2) is 9.00 Å². The van der Waals surface area contributed by atoms with Gasteiger partial charge in [0.25, 0.3) is 0 Å². The number of para-hydroxylation sites is 1. The predicted octanol–water partition coefficient (Wildman–Crippen LogP) is 5.35. The molecule has 0 aliphatic heterocycles. The van der Waals surface area contributed by atoms with Crippen molar-refractivity contribution in [3.05, 3.63) is 115 Å². The van der Waals surface area contributed by atoms with Gasteiger partial charge in [0.05, 0.1) is 11.4 Å². The molecule has 0 bridgehead atoms. The summed E-state index contributed by atoms with van der Waals surface area (Å²) in [7, 11) is -1.30. The highest BCUT2D eigenvalue weighted by molar-refractivity contribution is 7.85. The van der Waals surface area contributed by atoms with Gasteiger partial charge in [0, 0.05) is 30.2 Å². The second-order valence-corrected chi connectivity index (χ2v) is 8.55. The van der Waals surface area contributed by atoms with Crippen LogP contribution in [0.4, 0.5) is 16.2 Å². The number of carbonyl (C=O) groups is 1. The van der Waals surface area contributed by atoms with E-state index < -0.39 is 11.0 Å². The molecule has 0 aliphatic carbocycles. The van der Waals surface area contributed by atoms with Crippen molar-refractivity contribution in [2.45, 2.75) is 12.3 Å². The van der Waals surface area contributed by atoms with Crippen molar-refractivity contribution in [3.8, 4) is 11.1 Å². The fourth-order valence-corrected chi connectivity index (χ4v) is 4.29. The summed E-state index contributed by atoms with van der Waals surface area (Å²) in [5.74, 6) is 0.344. The SMILES string of the molecule is O=C(NCc1cccnc1)Nc1ccc(CS(=O)Nc2ccccc2-c2ccccc2)cc1. The number of nitrogens with zero attached hydrogens (tertiary/aromatic N) is 1. The molecule has 0 fully saturated rings. The van der Waals surface area contributed by atoms with Crippen LogP contribution in [0.5, 0.6) is 0 Å². The van der Waals surface area contributed by atoms with E-state index in [1.54, 1.807) is 24.5 Å². The van der Waals surface area contributed by atoms with Crippen molar-refractivity contribution in [1.82, 2.24) is 10.3 Å². The van der Waals surface area contributed by atoms with Crippen molar-refractivity contribution in [3.63, 3.8) is 0 Å². The molecule has 0 saturated heterocycles. The van der Waals surface area contributed by atoms with Crippen molar-refractivity contribution in [2.75, 3.05) is 10.0 Å². The Kier molecular flexibility index (Phi) is 7.45. The lowest BCUT2D eigenvalue weighted by atomic mass is 10.0. The Morgan fingerprint density at radius 2 is 1.58 bits per heavy atom. The quantitative estimate of drug-likeness (QED) is 0.334. The first-order chi connectivity index (χ1) is 16.2. The maximum absolute atomic E-state index is 12.8. The van der Waals surface area contributed by atoms with Gasteiger partial charge in [-0.2, -0.15) is 0 Å². The van der Waals surface area contributed by atoms with Crippen LogP contribution >= 0.6 is 0 Å². The molecule has 4 aromatic rings. The maximum atomic E-state index is 12.8. The molecule has 166 valence electrons. The average molecular weight is 457 g/mol. The summed E-state index contributed by atoms with van der Waals surface area (Å²) in [6.07, 6.45) is 3.40. The van der Waals surface area contributed by atoms with Gasteiger partial charge in [-0.3, -0.25) is 4.98 Å². The van der Waals surface area contributed by atoms with Gasteiger partial charge in [-0.15, -0.1) is 0 Å². The minimum absolute atomic E-state index is 0.297. The van der Waals surface area contributed by atoms with Crippen LogP contribution in [-0.4, -0.2) is 15.2 Å².